The van der Waals surface area contributed by atoms with Gasteiger partial charge in [0.05, 0.1) is 12.3 Å². The molecule has 0 bridgehead atoms. The van der Waals surface area contributed by atoms with Crippen LogP contribution in [0, 0.1) is 0 Å². The van der Waals surface area contributed by atoms with Crippen LogP contribution in [0.2, 0.25) is 0 Å². The van der Waals surface area contributed by atoms with Gasteiger partial charge in [-0.3, -0.25) is 9.13 Å². The molecular formula is C12H14O6P2. The van der Waals surface area contributed by atoms with Crippen molar-refractivity contribution >= 4 is 26.0 Å². The van der Waals surface area contributed by atoms with Crippen LogP contribution in [0.4, 0.5) is 0 Å². The molecule has 0 aliphatic heterocycles. The first kappa shape index (κ1) is 15.4. The van der Waals surface area contributed by atoms with E-state index in [0.29, 0.717) is 0 Å². The summed E-state index contributed by atoms with van der Waals surface area (Å²) >= 11 is 0. The first-order valence-electron chi connectivity index (χ1n) is 5.74. The number of fused-ring (bicyclic) bond motifs is 1. The van der Waals surface area contributed by atoms with E-state index in [1.165, 1.54) is 0 Å². The molecule has 0 atom stereocenters. The highest BCUT2D eigenvalue weighted by Gasteiger charge is 2.22. The van der Waals surface area contributed by atoms with E-state index < -0.39 is 27.5 Å². The molecule has 108 valence electrons. The number of hydrogen-bond donors (Lipinski definition) is 4. The Balaban J connectivity index is 2.58. The summed E-state index contributed by atoms with van der Waals surface area (Å²) in [6, 6.07) is 10.3. The van der Waals surface area contributed by atoms with Gasteiger partial charge in [-0.1, -0.05) is 36.4 Å². The molecule has 2 rings (SSSR count). The van der Waals surface area contributed by atoms with E-state index in [-0.39, 0.29) is 11.1 Å². The molecule has 2 aromatic carbocycles. The molecule has 0 spiro atoms. The molecule has 0 aliphatic carbocycles. The van der Waals surface area contributed by atoms with Gasteiger partial charge >= 0.3 is 15.2 Å². The highest BCUT2D eigenvalue weighted by molar-refractivity contribution is 7.51. The van der Waals surface area contributed by atoms with Crippen molar-refractivity contribution in [3.05, 3.63) is 47.5 Å². The summed E-state index contributed by atoms with van der Waals surface area (Å²) in [5.74, 6) is 0. The van der Waals surface area contributed by atoms with Crippen LogP contribution in [0.3, 0.4) is 0 Å². The van der Waals surface area contributed by atoms with Gasteiger partial charge in [0, 0.05) is 0 Å². The molecule has 0 saturated carbocycles. The lowest BCUT2D eigenvalue weighted by Crippen LogP contribution is -1.97. The van der Waals surface area contributed by atoms with Crippen LogP contribution in [0.5, 0.6) is 0 Å². The van der Waals surface area contributed by atoms with Gasteiger partial charge in [-0.2, -0.15) is 0 Å². The maximum Gasteiger partial charge on any atom is 0.329 e. The van der Waals surface area contributed by atoms with Crippen molar-refractivity contribution in [2.45, 2.75) is 12.3 Å². The van der Waals surface area contributed by atoms with Gasteiger partial charge in [0.25, 0.3) is 0 Å². The van der Waals surface area contributed by atoms with Gasteiger partial charge in [0.2, 0.25) is 0 Å². The normalized spacial score (nSPS) is 12.8. The molecule has 0 radical (unpaired) electrons. The first-order chi connectivity index (χ1) is 9.14. The quantitative estimate of drug-likeness (QED) is 0.643. The van der Waals surface area contributed by atoms with E-state index in [4.69, 9.17) is 19.6 Å². The SMILES string of the molecule is O=P(O)(O)Cc1cc2ccccc2cc1CP(=O)(O)O. The Labute approximate surface area is 115 Å². The first-order valence-corrected chi connectivity index (χ1v) is 9.33. The van der Waals surface area contributed by atoms with Gasteiger partial charge in [0.1, 0.15) is 0 Å². The summed E-state index contributed by atoms with van der Waals surface area (Å²) in [6.07, 6.45) is -1.07. The minimum Gasteiger partial charge on any atom is -0.324 e. The van der Waals surface area contributed by atoms with E-state index in [2.05, 4.69) is 0 Å². The molecule has 20 heavy (non-hydrogen) atoms. The zero-order chi connectivity index (χ0) is 15.0. The van der Waals surface area contributed by atoms with Crippen LogP contribution in [0.15, 0.2) is 36.4 Å². The van der Waals surface area contributed by atoms with Gasteiger partial charge < -0.3 is 19.6 Å². The zero-order valence-electron chi connectivity index (χ0n) is 10.4. The Hall–Kier alpha value is -1.00. The van der Waals surface area contributed by atoms with Crippen LogP contribution in [0.25, 0.3) is 10.8 Å². The monoisotopic (exact) mass is 316 g/mol. The summed E-state index contributed by atoms with van der Waals surface area (Å²) in [5, 5.41) is 1.54. The molecule has 0 saturated heterocycles. The molecule has 0 amide bonds. The average molecular weight is 316 g/mol. The van der Waals surface area contributed by atoms with Crippen LogP contribution in [-0.2, 0) is 21.5 Å². The highest BCUT2D eigenvalue weighted by atomic mass is 31.2. The average Bonchev–Trinajstić information content (AvgIpc) is 2.26. The van der Waals surface area contributed by atoms with Crippen LogP contribution in [0.1, 0.15) is 11.1 Å². The lowest BCUT2D eigenvalue weighted by molar-refractivity contribution is 0.367. The summed E-state index contributed by atoms with van der Waals surface area (Å²) < 4.78 is 22.3. The van der Waals surface area contributed by atoms with Gasteiger partial charge in [0.15, 0.2) is 0 Å². The van der Waals surface area contributed by atoms with Crippen LogP contribution in [-0.4, -0.2) is 19.6 Å². The zero-order valence-corrected chi connectivity index (χ0v) is 12.2. The second-order valence-corrected chi connectivity index (χ2v) is 7.90. The Kier molecular flexibility index (Phi) is 4.17. The number of benzene rings is 2. The van der Waals surface area contributed by atoms with Crippen molar-refractivity contribution in [2.24, 2.45) is 0 Å². The summed E-state index contributed by atoms with van der Waals surface area (Å²) in [5.41, 5.74) is 0.528. The summed E-state index contributed by atoms with van der Waals surface area (Å²) in [4.78, 5) is 36.3. The minimum atomic E-state index is -4.31. The van der Waals surface area contributed by atoms with Gasteiger partial charge in [-0.05, 0) is 21.9 Å². The fourth-order valence-corrected chi connectivity index (χ4v) is 3.55. The maximum atomic E-state index is 11.2. The van der Waals surface area contributed by atoms with E-state index in [1.54, 1.807) is 36.4 Å². The number of hydrogen-bond acceptors (Lipinski definition) is 2. The Morgan fingerprint density at radius 2 is 1.10 bits per heavy atom. The van der Waals surface area contributed by atoms with Crippen molar-refractivity contribution in [1.82, 2.24) is 0 Å². The molecule has 0 aromatic heterocycles. The van der Waals surface area contributed by atoms with Crippen molar-refractivity contribution in [3.8, 4) is 0 Å². The van der Waals surface area contributed by atoms with Crippen molar-refractivity contribution in [2.75, 3.05) is 0 Å². The summed E-state index contributed by atoms with van der Waals surface area (Å²) in [7, 11) is -8.62. The Morgan fingerprint density at radius 1 is 0.750 bits per heavy atom. The minimum absolute atomic E-state index is 0.264. The van der Waals surface area contributed by atoms with Crippen molar-refractivity contribution < 1.29 is 28.7 Å². The molecule has 0 unspecified atom stereocenters. The van der Waals surface area contributed by atoms with Crippen molar-refractivity contribution in [1.29, 1.82) is 0 Å². The third kappa shape index (κ3) is 4.25. The fourth-order valence-electron chi connectivity index (χ4n) is 2.07. The molecule has 2 aromatic rings. The molecule has 8 heteroatoms. The number of rotatable bonds is 4. The second-order valence-electron chi connectivity index (χ2n) is 4.61. The third-order valence-corrected chi connectivity index (χ3v) is 4.33. The van der Waals surface area contributed by atoms with Gasteiger partial charge in [-0.25, -0.2) is 0 Å². The van der Waals surface area contributed by atoms with Crippen LogP contribution < -0.4 is 0 Å². The van der Waals surface area contributed by atoms with E-state index in [9.17, 15) is 9.13 Å². The third-order valence-electron chi connectivity index (χ3n) is 2.82. The Morgan fingerprint density at radius 3 is 1.40 bits per heavy atom. The lowest BCUT2D eigenvalue weighted by atomic mass is 10.0. The topological polar surface area (TPSA) is 115 Å². The molecule has 4 N–H and O–H groups in total. The second kappa shape index (κ2) is 5.41. The largest absolute Gasteiger partial charge is 0.329 e. The molecule has 0 aliphatic rings. The molecular weight excluding hydrogens is 302 g/mol. The molecule has 0 heterocycles. The van der Waals surface area contributed by atoms with E-state index >= 15 is 0 Å². The maximum absolute atomic E-state index is 11.2. The predicted octanol–water partition coefficient (Wildman–Crippen LogP) is 2.20. The van der Waals surface area contributed by atoms with E-state index in [1.807, 2.05) is 0 Å². The smallest absolute Gasteiger partial charge is 0.324 e. The Bertz CT molecular complexity index is 667. The van der Waals surface area contributed by atoms with Gasteiger partial charge in [-0.15, -0.1) is 0 Å². The fraction of sp³-hybridized carbons (Fsp3) is 0.167. The highest BCUT2D eigenvalue weighted by Crippen LogP contribution is 2.45. The molecule has 0 fully saturated rings. The van der Waals surface area contributed by atoms with Crippen molar-refractivity contribution in [3.63, 3.8) is 0 Å². The van der Waals surface area contributed by atoms with E-state index in [0.717, 1.165) is 10.8 Å². The summed E-state index contributed by atoms with van der Waals surface area (Å²) in [6.45, 7) is 0. The lowest BCUT2D eigenvalue weighted by Gasteiger charge is -2.13. The standard InChI is InChI=1S/C12H14O6P2/c13-19(14,15)7-11-5-9-3-1-2-4-10(9)6-12(11)8-20(16,17)18/h1-6H,7-8H2,(H2,13,14,15)(H2,16,17,18). The van der Waals surface area contributed by atoms with Crippen LogP contribution >= 0.6 is 15.2 Å². The molecule has 6 nitrogen and oxygen atoms in total. The predicted molar refractivity (Wildman–Crippen MR) is 75.4 cm³/mol.